The molecule has 1 atom stereocenters. The molecule has 4 aromatic rings. The largest absolute Gasteiger partial charge is 0.450 e. The van der Waals surface area contributed by atoms with Gasteiger partial charge in [0.25, 0.3) is 0 Å². The van der Waals surface area contributed by atoms with Gasteiger partial charge in [0.2, 0.25) is 0 Å². The van der Waals surface area contributed by atoms with E-state index < -0.39 is 0 Å². The number of rotatable bonds is 2. The van der Waals surface area contributed by atoms with Crippen LogP contribution in [0.5, 0.6) is 0 Å². The van der Waals surface area contributed by atoms with Gasteiger partial charge in [-0.1, -0.05) is 40.2 Å². The number of hydrogen-bond donors (Lipinski definition) is 0. The average Bonchev–Trinajstić information content (AvgIpc) is 3.07. The standard InChI is InChI=1S/C20H16BrN3O2/c21-14-7-5-13(6-8-14)17-11-24(9-10-25-17)20-19-18(22-12-23-20)15-3-1-2-4-16(15)26-19/h1-8,12,17H,9-11H2. The average molecular weight is 410 g/mol. The summed E-state index contributed by atoms with van der Waals surface area (Å²) in [5.74, 6) is 0.830. The predicted octanol–water partition coefficient (Wildman–Crippen LogP) is 4.72. The van der Waals surface area contributed by atoms with E-state index in [4.69, 9.17) is 9.15 Å². The molecule has 0 spiro atoms. The summed E-state index contributed by atoms with van der Waals surface area (Å²) in [4.78, 5) is 11.2. The third kappa shape index (κ3) is 2.66. The van der Waals surface area contributed by atoms with Crippen molar-refractivity contribution in [3.05, 3.63) is 64.9 Å². The Balaban J connectivity index is 1.53. The van der Waals surface area contributed by atoms with Gasteiger partial charge >= 0.3 is 0 Å². The monoisotopic (exact) mass is 409 g/mol. The number of anilines is 1. The lowest BCUT2D eigenvalue weighted by Crippen LogP contribution is -2.39. The van der Waals surface area contributed by atoms with Crippen LogP contribution in [-0.2, 0) is 4.74 Å². The van der Waals surface area contributed by atoms with Crippen molar-refractivity contribution in [1.82, 2.24) is 9.97 Å². The predicted molar refractivity (Wildman–Crippen MR) is 104 cm³/mol. The molecule has 1 unspecified atom stereocenters. The summed E-state index contributed by atoms with van der Waals surface area (Å²) in [7, 11) is 0. The zero-order chi connectivity index (χ0) is 17.5. The third-order valence-electron chi connectivity index (χ3n) is 4.75. The molecule has 3 heterocycles. The van der Waals surface area contributed by atoms with Gasteiger partial charge in [-0.3, -0.25) is 0 Å². The summed E-state index contributed by atoms with van der Waals surface area (Å²) in [5, 5.41) is 1.02. The molecule has 0 radical (unpaired) electrons. The molecule has 2 aromatic carbocycles. The fraction of sp³-hybridized carbons (Fsp3) is 0.200. The van der Waals surface area contributed by atoms with Crippen LogP contribution in [0.2, 0.25) is 0 Å². The van der Waals surface area contributed by atoms with Gasteiger partial charge in [-0.25, -0.2) is 9.97 Å². The van der Waals surface area contributed by atoms with Gasteiger partial charge in [0.1, 0.15) is 23.5 Å². The van der Waals surface area contributed by atoms with E-state index in [-0.39, 0.29) is 6.10 Å². The lowest BCUT2D eigenvalue weighted by atomic mass is 10.1. The zero-order valence-electron chi connectivity index (χ0n) is 13.9. The Bertz CT molecular complexity index is 1080. The SMILES string of the molecule is Brc1ccc(C2CN(c3ncnc4c3oc3ccccc34)CCO2)cc1. The van der Waals surface area contributed by atoms with Crippen molar-refractivity contribution in [3.63, 3.8) is 0 Å². The van der Waals surface area contributed by atoms with Crippen LogP contribution in [0.25, 0.3) is 22.1 Å². The molecule has 1 saturated heterocycles. The molecule has 0 bridgehead atoms. The van der Waals surface area contributed by atoms with E-state index >= 15 is 0 Å². The highest BCUT2D eigenvalue weighted by atomic mass is 79.9. The second kappa shape index (κ2) is 6.37. The van der Waals surface area contributed by atoms with Gasteiger partial charge < -0.3 is 14.1 Å². The number of morpholine rings is 1. The Hall–Kier alpha value is -2.44. The number of halogens is 1. The van der Waals surface area contributed by atoms with E-state index in [0.717, 1.165) is 51.0 Å². The number of hydrogen-bond acceptors (Lipinski definition) is 5. The molecule has 0 amide bonds. The van der Waals surface area contributed by atoms with E-state index in [1.807, 2.05) is 36.4 Å². The Morgan fingerprint density at radius 3 is 2.77 bits per heavy atom. The van der Waals surface area contributed by atoms with Gasteiger partial charge in [0.05, 0.1) is 6.61 Å². The molecule has 1 fully saturated rings. The smallest absolute Gasteiger partial charge is 0.196 e. The first-order chi connectivity index (χ1) is 12.8. The molecular formula is C20H16BrN3O2. The number of para-hydroxylation sites is 1. The number of ether oxygens (including phenoxy) is 1. The second-order valence-corrected chi connectivity index (χ2v) is 7.25. The van der Waals surface area contributed by atoms with Crippen molar-refractivity contribution in [2.45, 2.75) is 6.10 Å². The Morgan fingerprint density at radius 2 is 1.88 bits per heavy atom. The Morgan fingerprint density at radius 1 is 1.04 bits per heavy atom. The number of fused-ring (bicyclic) bond motifs is 3. The maximum absolute atomic E-state index is 6.08. The van der Waals surface area contributed by atoms with Gasteiger partial charge in [0, 0.05) is 22.9 Å². The molecule has 0 aliphatic carbocycles. The third-order valence-corrected chi connectivity index (χ3v) is 5.28. The van der Waals surface area contributed by atoms with Crippen LogP contribution in [0.3, 0.4) is 0 Å². The highest BCUT2D eigenvalue weighted by Crippen LogP contribution is 2.34. The normalized spacial score (nSPS) is 17.9. The van der Waals surface area contributed by atoms with Crippen molar-refractivity contribution >= 4 is 43.8 Å². The molecule has 0 N–H and O–H groups in total. The topological polar surface area (TPSA) is 51.4 Å². The molecule has 26 heavy (non-hydrogen) atoms. The Labute approximate surface area is 158 Å². The molecule has 130 valence electrons. The molecule has 6 heteroatoms. The molecule has 1 aliphatic rings. The van der Waals surface area contributed by atoms with Crippen molar-refractivity contribution in [2.24, 2.45) is 0 Å². The first kappa shape index (κ1) is 15.8. The van der Waals surface area contributed by atoms with E-state index in [9.17, 15) is 0 Å². The van der Waals surface area contributed by atoms with Crippen molar-refractivity contribution < 1.29 is 9.15 Å². The van der Waals surface area contributed by atoms with Crippen LogP contribution in [-0.4, -0.2) is 29.7 Å². The summed E-state index contributed by atoms with van der Waals surface area (Å²) < 4.78 is 13.1. The summed E-state index contributed by atoms with van der Waals surface area (Å²) >= 11 is 3.48. The highest BCUT2D eigenvalue weighted by Gasteiger charge is 2.26. The summed E-state index contributed by atoms with van der Waals surface area (Å²) in [6.07, 6.45) is 1.62. The molecule has 1 aliphatic heterocycles. The van der Waals surface area contributed by atoms with Crippen molar-refractivity contribution in [1.29, 1.82) is 0 Å². The fourth-order valence-electron chi connectivity index (χ4n) is 3.46. The summed E-state index contributed by atoms with van der Waals surface area (Å²) in [6, 6.07) is 16.2. The van der Waals surface area contributed by atoms with Gasteiger partial charge in [-0.2, -0.15) is 0 Å². The molecule has 0 saturated carbocycles. The first-order valence-electron chi connectivity index (χ1n) is 8.54. The van der Waals surface area contributed by atoms with E-state index in [1.54, 1.807) is 6.33 Å². The van der Waals surface area contributed by atoms with Crippen LogP contribution in [0, 0.1) is 0 Å². The maximum Gasteiger partial charge on any atom is 0.196 e. The van der Waals surface area contributed by atoms with E-state index in [1.165, 1.54) is 0 Å². The van der Waals surface area contributed by atoms with Gasteiger partial charge in [0.15, 0.2) is 11.4 Å². The fourth-order valence-corrected chi connectivity index (χ4v) is 3.72. The first-order valence-corrected chi connectivity index (χ1v) is 9.33. The maximum atomic E-state index is 6.08. The van der Waals surface area contributed by atoms with Crippen LogP contribution >= 0.6 is 15.9 Å². The minimum Gasteiger partial charge on any atom is -0.450 e. The van der Waals surface area contributed by atoms with E-state index in [0.29, 0.717) is 6.61 Å². The summed E-state index contributed by atoms with van der Waals surface area (Å²) in [5.41, 5.74) is 3.59. The lowest BCUT2D eigenvalue weighted by molar-refractivity contribution is 0.0395. The minimum atomic E-state index is 0.00578. The number of aromatic nitrogens is 2. The Kier molecular flexibility index (Phi) is 3.87. The zero-order valence-corrected chi connectivity index (χ0v) is 15.5. The van der Waals surface area contributed by atoms with Crippen LogP contribution in [0.1, 0.15) is 11.7 Å². The second-order valence-electron chi connectivity index (χ2n) is 6.33. The van der Waals surface area contributed by atoms with Crippen LogP contribution in [0.4, 0.5) is 5.82 Å². The van der Waals surface area contributed by atoms with Crippen molar-refractivity contribution in [2.75, 3.05) is 24.6 Å². The molecule has 2 aromatic heterocycles. The highest BCUT2D eigenvalue weighted by molar-refractivity contribution is 9.10. The minimum absolute atomic E-state index is 0.00578. The van der Waals surface area contributed by atoms with Crippen LogP contribution < -0.4 is 4.90 Å². The molecular weight excluding hydrogens is 394 g/mol. The van der Waals surface area contributed by atoms with Crippen LogP contribution in [0.15, 0.2) is 63.7 Å². The van der Waals surface area contributed by atoms with E-state index in [2.05, 4.69) is 42.9 Å². The number of benzene rings is 2. The summed E-state index contributed by atoms with van der Waals surface area (Å²) in [6.45, 7) is 2.15. The van der Waals surface area contributed by atoms with Gasteiger partial charge in [-0.15, -0.1) is 0 Å². The lowest BCUT2D eigenvalue weighted by Gasteiger charge is -2.33. The van der Waals surface area contributed by atoms with Gasteiger partial charge in [-0.05, 0) is 29.8 Å². The number of furan rings is 1. The molecule has 5 nitrogen and oxygen atoms in total. The van der Waals surface area contributed by atoms with Crippen molar-refractivity contribution in [3.8, 4) is 0 Å². The molecule has 5 rings (SSSR count). The quantitative estimate of drug-likeness (QED) is 0.479. The number of nitrogens with zero attached hydrogens (tertiary/aromatic N) is 3.